The summed E-state index contributed by atoms with van der Waals surface area (Å²) in [6.07, 6.45) is 0.276. The zero-order valence-corrected chi connectivity index (χ0v) is 14.6. The van der Waals surface area contributed by atoms with Crippen molar-refractivity contribution in [3.63, 3.8) is 0 Å². The van der Waals surface area contributed by atoms with Gasteiger partial charge in [0.2, 0.25) is 0 Å². The Bertz CT molecular complexity index is 686. The van der Waals surface area contributed by atoms with Crippen LogP contribution in [-0.4, -0.2) is 59.2 Å². The predicted octanol–water partition coefficient (Wildman–Crippen LogP) is -0.267. The molecule has 0 aliphatic carbocycles. The Kier molecular flexibility index (Phi) is 5.92. The van der Waals surface area contributed by atoms with Crippen molar-refractivity contribution in [3.05, 3.63) is 34.9 Å². The average Bonchev–Trinajstić information content (AvgIpc) is 2.98. The highest BCUT2D eigenvalue weighted by molar-refractivity contribution is 6.45. The van der Waals surface area contributed by atoms with Gasteiger partial charge in [-0.3, -0.25) is 14.5 Å². The SMILES string of the molecule is NCCN1Cc2ccc(C(=O)N[C@H]3CC[C@@H](CC(=O)O)OB3O)cc2C1. The summed E-state index contributed by atoms with van der Waals surface area (Å²) in [5, 5.41) is 21.6. The third kappa shape index (κ3) is 4.42. The Morgan fingerprint density at radius 1 is 1.31 bits per heavy atom. The third-order valence-corrected chi connectivity index (χ3v) is 4.90. The van der Waals surface area contributed by atoms with Crippen molar-refractivity contribution in [2.45, 2.75) is 44.4 Å². The topological polar surface area (TPSA) is 125 Å². The van der Waals surface area contributed by atoms with E-state index in [0.29, 0.717) is 24.9 Å². The molecule has 9 heteroatoms. The van der Waals surface area contributed by atoms with Crippen molar-refractivity contribution in [2.75, 3.05) is 13.1 Å². The van der Waals surface area contributed by atoms with Gasteiger partial charge < -0.3 is 25.8 Å². The first-order valence-corrected chi connectivity index (χ1v) is 8.86. The van der Waals surface area contributed by atoms with Crippen LogP contribution in [0.2, 0.25) is 0 Å². The highest BCUT2D eigenvalue weighted by Gasteiger charge is 2.37. The molecular formula is C17H24BN3O5. The number of carbonyl (C=O) groups excluding carboxylic acids is 1. The molecule has 2 atom stereocenters. The zero-order valence-electron chi connectivity index (χ0n) is 14.6. The number of hydrogen-bond acceptors (Lipinski definition) is 6. The standard InChI is InChI=1S/C17H24BN3O5/c19-5-6-21-9-12-2-1-11(7-13(12)10-21)17(24)20-15-4-3-14(8-16(22)23)26-18(15)25/h1-2,7,14-15,25H,3-6,8-10,19H2,(H,20,24)(H,22,23)/t14-,15-/m0/s1. The van der Waals surface area contributed by atoms with Crippen molar-refractivity contribution >= 4 is 19.0 Å². The molecule has 1 fully saturated rings. The molecule has 1 saturated heterocycles. The number of nitrogens with two attached hydrogens (primary N) is 1. The quantitative estimate of drug-likeness (QED) is 0.514. The summed E-state index contributed by atoms with van der Waals surface area (Å²) in [6, 6.07) is 5.62. The third-order valence-electron chi connectivity index (χ3n) is 4.90. The number of carbonyl (C=O) groups is 2. The zero-order chi connectivity index (χ0) is 18.7. The molecule has 2 aliphatic heterocycles. The minimum Gasteiger partial charge on any atom is -0.481 e. The van der Waals surface area contributed by atoms with Gasteiger partial charge in [-0.2, -0.15) is 0 Å². The van der Waals surface area contributed by atoms with E-state index < -0.39 is 25.1 Å². The molecule has 0 saturated carbocycles. The van der Waals surface area contributed by atoms with Crippen LogP contribution in [0.5, 0.6) is 0 Å². The first-order valence-electron chi connectivity index (χ1n) is 8.86. The van der Waals surface area contributed by atoms with E-state index in [4.69, 9.17) is 15.5 Å². The lowest BCUT2D eigenvalue weighted by Gasteiger charge is -2.30. The number of benzene rings is 1. The summed E-state index contributed by atoms with van der Waals surface area (Å²) in [4.78, 5) is 25.5. The fourth-order valence-electron chi connectivity index (χ4n) is 3.56. The Morgan fingerprint density at radius 2 is 2.08 bits per heavy atom. The second-order valence-corrected chi connectivity index (χ2v) is 6.89. The summed E-state index contributed by atoms with van der Waals surface area (Å²) >= 11 is 0. The van der Waals surface area contributed by atoms with E-state index in [9.17, 15) is 14.6 Å². The molecular weight excluding hydrogens is 337 g/mol. The summed E-state index contributed by atoms with van der Waals surface area (Å²) in [7, 11) is -1.20. The van der Waals surface area contributed by atoms with Gasteiger partial charge >= 0.3 is 13.1 Å². The summed E-state index contributed by atoms with van der Waals surface area (Å²) in [5.74, 6) is -1.78. The molecule has 140 valence electrons. The average molecular weight is 361 g/mol. The fraction of sp³-hybridized carbons (Fsp3) is 0.529. The minimum atomic E-state index is -1.20. The van der Waals surface area contributed by atoms with Crippen molar-refractivity contribution in [3.8, 4) is 0 Å². The molecule has 1 amide bonds. The van der Waals surface area contributed by atoms with E-state index in [-0.39, 0.29) is 12.3 Å². The van der Waals surface area contributed by atoms with Crippen LogP contribution < -0.4 is 11.1 Å². The predicted molar refractivity (Wildman–Crippen MR) is 95.2 cm³/mol. The van der Waals surface area contributed by atoms with E-state index >= 15 is 0 Å². The van der Waals surface area contributed by atoms with E-state index in [0.717, 1.165) is 25.2 Å². The first-order chi connectivity index (χ1) is 12.5. The molecule has 0 bridgehead atoms. The number of carboxylic acids is 1. The van der Waals surface area contributed by atoms with Gasteiger partial charge in [-0.25, -0.2) is 0 Å². The number of aliphatic carboxylic acids is 1. The molecule has 0 radical (unpaired) electrons. The van der Waals surface area contributed by atoms with Gasteiger partial charge in [0.25, 0.3) is 5.91 Å². The summed E-state index contributed by atoms with van der Waals surface area (Å²) in [6.45, 7) is 3.04. The number of nitrogens with zero attached hydrogens (tertiary/aromatic N) is 1. The van der Waals surface area contributed by atoms with Gasteiger partial charge in [-0.05, 0) is 36.1 Å². The monoisotopic (exact) mass is 361 g/mol. The lowest BCUT2D eigenvalue weighted by atomic mass is 9.72. The highest BCUT2D eigenvalue weighted by atomic mass is 16.5. The molecule has 0 unspecified atom stereocenters. The van der Waals surface area contributed by atoms with Crippen LogP contribution in [0, 0.1) is 0 Å². The second kappa shape index (κ2) is 8.17. The fourth-order valence-corrected chi connectivity index (χ4v) is 3.56. The van der Waals surface area contributed by atoms with Crippen LogP contribution in [0.25, 0.3) is 0 Å². The van der Waals surface area contributed by atoms with Gasteiger partial charge in [0.05, 0.1) is 18.5 Å². The largest absolute Gasteiger partial charge is 0.481 e. The highest BCUT2D eigenvalue weighted by Crippen LogP contribution is 2.24. The second-order valence-electron chi connectivity index (χ2n) is 6.89. The Morgan fingerprint density at radius 3 is 2.77 bits per heavy atom. The van der Waals surface area contributed by atoms with E-state index in [1.54, 1.807) is 6.07 Å². The van der Waals surface area contributed by atoms with E-state index in [1.807, 2.05) is 12.1 Å². The normalized spacial score (nSPS) is 22.9. The maximum Gasteiger partial charge on any atom is 0.478 e. The summed E-state index contributed by atoms with van der Waals surface area (Å²) in [5.41, 5.74) is 8.46. The van der Waals surface area contributed by atoms with Crippen LogP contribution in [0.15, 0.2) is 18.2 Å². The van der Waals surface area contributed by atoms with Gasteiger partial charge in [-0.15, -0.1) is 0 Å². The molecule has 26 heavy (non-hydrogen) atoms. The van der Waals surface area contributed by atoms with Crippen LogP contribution in [-0.2, 0) is 22.5 Å². The maximum atomic E-state index is 12.5. The van der Waals surface area contributed by atoms with E-state index in [1.165, 1.54) is 5.56 Å². The molecule has 0 spiro atoms. The van der Waals surface area contributed by atoms with Crippen LogP contribution >= 0.6 is 0 Å². The number of rotatable bonds is 6. The summed E-state index contributed by atoms with van der Waals surface area (Å²) < 4.78 is 5.30. The van der Waals surface area contributed by atoms with Crippen molar-refractivity contribution < 1.29 is 24.4 Å². The molecule has 1 aromatic carbocycles. The Hall–Kier alpha value is -1.94. The number of fused-ring (bicyclic) bond motifs is 1. The van der Waals surface area contributed by atoms with Gasteiger partial charge in [0, 0.05) is 31.7 Å². The Labute approximate surface area is 152 Å². The Balaban J connectivity index is 1.58. The number of amides is 1. The lowest BCUT2D eigenvalue weighted by Crippen LogP contribution is -2.52. The first kappa shape index (κ1) is 18.8. The van der Waals surface area contributed by atoms with Crippen LogP contribution in [0.4, 0.5) is 0 Å². The number of hydrogen-bond donors (Lipinski definition) is 4. The van der Waals surface area contributed by atoms with Crippen molar-refractivity contribution in [1.29, 1.82) is 0 Å². The lowest BCUT2D eigenvalue weighted by molar-refractivity contribution is -0.139. The van der Waals surface area contributed by atoms with Gasteiger partial charge in [-0.1, -0.05) is 6.07 Å². The van der Waals surface area contributed by atoms with Crippen LogP contribution in [0.3, 0.4) is 0 Å². The van der Waals surface area contributed by atoms with Gasteiger partial charge in [0.15, 0.2) is 0 Å². The molecule has 3 rings (SSSR count). The molecule has 1 aromatic rings. The number of nitrogens with one attached hydrogen (secondary N) is 1. The van der Waals surface area contributed by atoms with E-state index in [2.05, 4.69) is 10.2 Å². The van der Waals surface area contributed by atoms with Crippen molar-refractivity contribution in [2.24, 2.45) is 5.73 Å². The molecule has 2 aliphatic rings. The maximum absolute atomic E-state index is 12.5. The minimum absolute atomic E-state index is 0.151. The van der Waals surface area contributed by atoms with Crippen molar-refractivity contribution in [1.82, 2.24) is 10.2 Å². The molecule has 0 aromatic heterocycles. The molecule has 8 nitrogen and oxygen atoms in total. The molecule has 5 N–H and O–H groups in total. The molecule has 2 heterocycles. The smallest absolute Gasteiger partial charge is 0.478 e. The number of carboxylic acid groups (broad SMARTS) is 1. The van der Waals surface area contributed by atoms with Crippen LogP contribution in [0.1, 0.15) is 40.7 Å². The van der Waals surface area contributed by atoms with Gasteiger partial charge in [0.1, 0.15) is 0 Å².